The zero-order chi connectivity index (χ0) is 14.4. The Balaban J connectivity index is 1.91. The van der Waals surface area contributed by atoms with E-state index >= 15 is 0 Å². The van der Waals surface area contributed by atoms with Crippen LogP contribution in [0.1, 0.15) is 77.6 Å². The monoisotopic (exact) mass is 276 g/mol. The Morgan fingerprint density at radius 3 is 2.25 bits per heavy atom. The van der Waals surface area contributed by atoms with Crippen LogP contribution < -0.4 is 5.32 Å². The molecule has 0 radical (unpaired) electrons. The van der Waals surface area contributed by atoms with Gasteiger partial charge in [-0.2, -0.15) is 5.26 Å². The number of rotatable bonds is 3. The lowest BCUT2D eigenvalue weighted by Gasteiger charge is -2.31. The number of nitrogens with zero attached hydrogens (tertiary/aromatic N) is 1. The van der Waals surface area contributed by atoms with Crippen LogP contribution in [0.25, 0.3) is 0 Å². The molecule has 0 aromatic rings. The third-order valence-electron chi connectivity index (χ3n) is 5.37. The lowest BCUT2D eigenvalue weighted by atomic mass is 9.79. The number of amides is 1. The van der Waals surface area contributed by atoms with Gasteiger partial charge in [-0.05, 0) is 44.4 Å². The molecule has 0 saturated heterocycles. The minimum Gasteiger partial charge on any atom is -0.352 e. The number of hydrogen-bond donors (Lipinski definition) is 1. The van der Waals surface area contributed by atoms with Gasteiger partial charge in [0.15, 0.2) is 0 Å². The molecule has 2 aliphatic rings. The first-order chi connectivity index (χ1) is 9.70. The molecule has 112 valence electrons. The van der Waals surface area contributed by atoms with Crippen molar-refractivity contribution in [3.63, 3.8) is 0 Å². The Bertz CT molecular complexity index is 356. The molecule has 0 atom stereocenters. The minimum absolute atomic E-state index is 0.0156. The topological polar surface area (TPSA) is 52.9 Å². The zero-order valence-electron chi connectivity index (χ0n) is 12.8. The molecule has 3 heteroatoms. The SMILES string of the molecule is CCC1CCC(NC(=O)C2(C#N)CCCCCC2)CC1. The van der Waals surface area contributed by atoms with Gasteiger partial charge in [-0.25, -0.2) is 0 Å². The summed E-state index contributed by atoms with van der Waals surface area (Å²) in [5, 5.41) is 12.7. The van der Waals surface area contributed by atoms with Crippen molar-refractivity contribution in [3.05, 3.63) is 0 Å². The summed E-state index contributed by atoms with van der Waals surface area (Å²) in [6, 6.07) is 2.66. The standard InChI is InChI=1S/C17H28N2O/c1-2-14-7-9-15(10-8-14)19-16(20)17(13-18)11-5-3-4-6-12-17/h14-15H,2-12H2,1H3,(H,19,20). The van der Waals surface area contributed by atoms with E-state index < -0.39 is 5.41 Å². The largest absolute Gasteiger partial charge is 0.352 e. The van der Waals surface area contributed by atoms with Gasteiger partial charge in [-0.3, -0.25) is 4.79 Å². The fourth-order valence-electron chi connectivity index (χ4n) is 3.76. The maximum Gasteiger partial charge on any atom is 0.240 e. The van der Waals surface area contributed by atoms with Gasteiger partial charge in [0.25, 0.3) is 0 Å². The first-order valence-corrected chi connectivity index (χ1v) is 8.42. The van der Waals surface area contributed by atoms with Gasteiger partial charge in [0, 0.05) is 6.04 Å². The highest BCUT2D eigenvalue weighted by atomic mass is 16.2. The van der Waals surface area contributed by atoms with Gasteiger partial charge < -0.3 is 5.32 Å². The molecule has 0 spiro atoms. The molecule has 0 aromatic carbocycles. The summed E-state index contributed by atoms with van der Waals surface area (Å²) in [4.78, 5) is 12.6. The normalized spacial score (nSPS) is 30.0. The number of carbonyl (C=O) groups is 1. The van der Waals surface area contributed by atoms with Gasteiger partial charge in [0.2, 0.25) is 5.91 Å². The van der Waals surface area contributed by atoms with Crippen LogP contribution in [0.3, 0.4) is 0 Å². The molecular formula is C17H28N2O. The van der Waals surface area contributed by atoms with Crippen LogP contribution in [-0.4, -0.2) is 11.9 Å². The molecule has 0 heterocycles. The molecular weight excluding hydrogens is 248 g/mol. The lowest BCUT2D eigenvalue weighted by molar-refractivity contribution is -0.129. The maximum absolute atomic E-state index is 12.6. The van der Waals surface area contributed by atoms with Crippen molar-refractivity contribution in [3.8, 4) is 6.07 Å². The third-order valence-corrected chi connectivity index (χ3v) is 5.37. The predicted molar refractivity (Wildman–Crippen MR) is 79.9 cm³/mol. The molecule has 1 N–H and O–H groups in total. The van der Waals surface area contributed by atoms with E-state index in [-0.39, 0.29) is 5.91 Å². The van der Waals surface area contributed by atoms with E-state index in [2.05, 4.69) is 18.3 Å². The summed E-state index contributed by atoms with van der Waals surface area (Å²) < 4.78 is 0. The summed E-state index contributed by atoms with van der Waals surface area (Å²) in [7, 11) is 0. The Hall–Kier alpha value is -1.04. The molecule has 2 fully saturated rings. The lowest BCUT2D eigenvalue weighted by Crippen LogP contribution is -2.46. The van der Waals surface area contributed by atoms with Crippen molar-refractivity contribution >= 4 is 5.91 Å². The zero-order valence-corrected chi connectivity index (χ0v) is 12.8. The van der Waals surface area contributed by atoms with E-state index in [1.54, 1.807) is 0 Å². The first kappa shape index (κ1) is 15.4. The second kappa shape index (κ2) is 7.11. The van der Waals surface area contributed by atoms with E-state index in [0.717, 1.165) is 57.3 Å². The number of nitriles is 1. The highest BCUT2D eigenvalue weighted by molar-refractivity contribution is 5.85. The highest BCUT2D eigenvalue weighted by Crippen LogP contribution is 2.35. The van der Waals surface area contributed by atoms with Crippen LogP contribution in [0.2, 0.25) is 0 Å². The second-order valence-corrected chi connectivity index (χ2v) is 6.71. The van der Waals surface area contributed by atoms with Crippen LogP contribution >= 0.6 is 0 Å². The number of carbonyl (C=O) groups excluding carboxylic acids is 1. The van der Waals surface area contributed by atoms with Crippen molar-refractivity contribution in [2.24, 2.45) is 11.3 Å². The summed E-state index contributed by atoms with van der Waals surface area (Å²) in [5.74, 6) is 0.854. The Morgan fingerprint density at radius 1 is 1.15 bits per heavy atom. The molecule has 20 heavy (non-hydrogen) atoms. The van der Waals surface area contributed by atoms with Crippen molar-refractivity contribution in [1.82, 2.24) is 5.32 Å². The molecule has 0 aromatic heterocycles. The van der Waals surface area contributed by atoms with Gasteiger partial charge >= 0.3 is 0 Å². The van der Waals surface area contributed by atoms with Crippen molar-refractivity contribution in [2.75, 3.05) is 0 Å². The van der Waals surface area contributed by atoms with Crippen molar-refractivity contribution < 1.29 is 4.79 Å². The quantitative estimate of drug-likeness (QED) is 0.794. The summed E-state index contributed by atoms with van der Waals surface area (Å²) in [5.41, 5.74) is -0.738. The van der Waals surface area contributed by atoms with Gasteiger partial charge in [-0.15, -0.1) is 0 Å². The van der Waals surface area contributed by atoms with Gasteiger partial charge in [-0.1, -0.05) is 39.0 Å². The maximum atomic E-state index is 12.6. The second-order valence-electron chi connectivity index (χ2n) is 6.71. The van der Waals surface area contributed by atoms with E-state index in [1.165, 1.54) is 19.3 Å². The molecule has 1 amide bonds. The Kier molecular flexibility index (Phi) is 5.46. The fourth-order valence-corrected chi connectivity index (χ4v) is 3.76. The Labute approximate surface area is 123 Å². The van der Waals surface area contributed by atoms with Crippen LogP contribution in [0.15, 0.2) is 0 Å². The highest BCUT2D eigenvalue weighted by Gasteiger charge is 2.39. The number of nitrogens with one attached hydrogen (secondary N) is 1. The summed E-state index contributed by atoms with van der Waals surface area (Å²) in [6.07, 6.45) is 11.7. The third kappa shape index (κ3) is 3.53. The average Bonchev–Trinajstić information content (AvgIpc) is 2.74. The molecule has 3 nitrogen and oxygen atoms in total. The summed E-state index contributed by atoms with van der Waals surface area (Å²) in [6.45, 7) is 2.25. The average molecular weight is 276 g/mol. The molecule has 0 aliphatic heterocycles. The van der Waals surface area contributed by atoms with Crippen molar-refractivity contribution in [2.45, 2.75) is 83.6 Å². The predicted octanol–water partition coefficient (Wildman–Crippen LogP) is 3.94. The van der Waals surface area contributed by atoms with Crippen LogP contribution in [0, 0.1) is 22.7 Å². The van der Waals surface area contributed by atoms with Crippen LogP contribution in [0.4, 0.5) is 0 Å². The van der Waals surface area contributed by atoms with Gasteiger partial charge in [0.1, 0.15) is 5.41 Å². The molecule has 2 aliphatic carbocycles. The van der Waals surface area contributed by atoms with Crippen LogP contribution in [0.5, 0.6) is 0 Å². The van der Waals surface area contributed by atoms with Crippen molar-refractivity contribution in [1.29, 1.82) is 5.26 Å². The smallest absolute Gasteiger partial charge is 0.240 e. The molecule has 2 saturated carbocycles. The Morgan fingerprint density at radius 2 is 1.75 bits per heavy atom. The van der Waals surface area contributed by atoms with E-state index in [9.17, 15) is 10.1 Å². The molecule has 0 unspecified atom stereocenters. The molecule has 0 bridgehead atoms. The fraction of sp³-hybridized carbons (Fsp3) is 0.882. The first-order valence-electron chi connectivity index (χ1n) is 8.42. The van der Waals surface area contributed by atoms with E-state index in [0.29, 0.717) is 6.04 Å². The van der Waals surface area contributed by atoms with E-state index in [1.807, 2.05) is 0 Å². The molecule has 2 rings (SSSR count). The number of hydrogen-bond acceptors (Lipinski definition) is 2. The summed E-state index contributed by atoms with van der Waals surface area (Å²) >= 11 is 0. The van der Waals surface area contributed by atoms with E-state index in [4.69, 9.17) is 0 Å². The van der Waals surface area contributed by atoms with Crippen LogP contribution in [-0.2, 0) is 4.79 Å². The minimum atomic E-state index is -0.738. The van der Waals surface area contributed by atoms with Gasteiger partial charge in [0.05, 0.1) is 6.07 Å².